The van der Waals surface area contributed by atoms with E-state index in [4.69, 9.17) is 0 Å². The first-order valence-electron chi connectivity index (χ1n) is 9.68. The number of nitrogens with zero attached hydrogens (tertiary/aromatic N) is 1. The molecule has 5 nitrogen and oxygen atoms in total. The number of benzene rings is 2. The molecule has 6 heteroatoms. The lowest BCUT2D eigenvalue weighted by molar-refractivity contribution is 0.0963. The Morgan fingerprint density at radius 2 is 1.79 bits per heavy atom. The maximum atomic E-state index is 11.8. The Balaban J connectivity index is 0.00000420. The summed E-state index contributed by atoms with van der Waals surface area (Å²) in [5.74, 6) is 0.717. The third-order valence-electron chi connectivity index (χ3n) is 4.84. The van der Waals surface area contributed by atoms with Gasteiger partial charge in [0.05, 0.1) is 0 Å². The lowest BCUT2D eigenvalue weighted by Gasteiger charge is -2.27. The monoisotopic (exact) mass is 508 g/mol. The lowest BCUT2D eigenvalue weighted by Crippen LogP contribution is -2.44. The van der Waals surface area contributed by atoms with Gasteiger partial charge in [-0.25, -0.2) is 0 Å². The van der Waals surface area contributed by atoms with E-state index < -0.39 is 0 Å². The minimum Gasteiger partial charge on any atom is -0.356 e. The molecular formula is C23H33IN4O. The van der Waals surface area contributed by atoms with Crippen molar-refractivity contribution in [3.05, 3.63) is 70.8 Å². The summed E-state index contributed by atoms with van der Waals surface area (Å²) in [7, 11) is 3.42. The first-order valence-corrected chi connectivity index (χ1v) is 9.68. The molecule has 0 fully saturated rings. The number of aryl methyl sites for hydroxylation is 1. The van der Waals surface area contributed by atoms with Gasteiger partial charge in [0.25, 0.3) is 5.91 Å². The third kappa shape index (κ3) is 7.68. The first kappa shape index (κ1) is 24.9. The van der Waals surface area contributed by atoms with Crippen LogP contribution in [-0.4, -0.2) is 39.1 Å². The molecule has 0 saturated heterocycles. The van der Waals surface area contributed by atoms with Gasteiger partial charge in [0.1, 0.15) is 0 Å². The van der Waals surface area contributed by atoms with Gasteiger partial charge in [0.15, 0.2) is 5.96 Å². The standard InChI is InChI=1S/C23H32N4O.HI/c1-17-8-6-11-20(14-17)23(2,3)16-27-22(25-5)26-13-12-18-9-7-10-19(15-18)21(28)24-4;/h6-11,14-15H,12-13,16H2,1-5H3,(H,24,28)(H2,25,26,27);1H. The summed E-state index contributed by atoms with van der Waals surface area (Å²) in [5.41, 5.74) is 4.37. The van der Waals surface area contributed by atoms with Crippen molar-refractivity contribution in [2.45, 2.75) is 32.6 Å². The number of carbonyl (C=O) groups is 1. The molecule has 0 radical (unpaired) electrons. The normalized spacial score (nSPS) is 11.4. The molecule has 158 valence electrons. The molecule has 0 unspecified atom stereocenters. The number of rotatable bonds is 7. The molecule has 0 saturated carbocycles. The topological polar surface area (TPSA) is 65.5 Å². The predicted octanol–water partition coefficient (Wildman–Crippen LogP) is 3.66. The number of aliphatic imine (C=N–C) groups is 1. The van der Waals surface area contributed by atoms with Crippen molar-refractivity contribution in [2.75, 3.05) is 27.2 Å². The van der Waals surface area contributed by atoms with Crippen LogP contribution in [0.1, 0.15) is 40.9 Å². The predicted molar refractivity (Wildman–Crippen MR) is 133 cm³/mol. The van der Waals surface area contributed by atoms with Crippen molar-refractivity contribution in [3.63, 3.8) is 0 Å². The number of hydrogen-bond donors (Lipinski definition) is 3. The van der Waals surface area contributed by atoms with E-state index in [2.05, 4.69) is 66.0 Å². The lowest BCUT2D eigenvalue weighted by atomic mass is 9.84. The number of hydrogen-bond acceptors (Lipinski definition) is 2. The van der Waals surface area contributed by atoms with Crippen LogP contribution >= 0.6 is 24.0 Å². The summed E-state index contributed by atoms with van der Waals surface area (Å²) in [4.78, 5) is 16.1. The SMILES string of the molecule is CN=C(NCCc1cccc(C(=O)NC)c1)NCC(C)(C)c1cccc(C)c1.I. The van der Waals surface area contributed by atoms with Crippen molar-refractivity contribution in [1.82, 2.24) is 16.0 Å². The minimum atomic E-state index is -0.0642. The van der Waals surface area contributed by atoms with E-state index in [9.17, 15) is 4.79 Å². The Labute approximate surface area is 191 Å². The molecule has 2 rings (SSSR count). The average Bonchev–Trinajstić information content (AvgIpc) is 2.70. The van der Waals surface area contributed by atoms with Gasteiger partial charge in [0.2, 0.25) is 0 Å². The van der Waals surface area contributed by atoms with Crippen LogP contribution in [-0.2, 0) is 11.8 Å². The average molecular weight is 508 g/mol. The van der Waals surface area contributed by atoms with E-state index in [-0.39, 0.29) is 35.3 Å². The van der Waals surface area contributed by atoms with Crippen LogP contribution in [0.3, 0.4) is 0 Å². The van der Waals surface area contributed by atoms with Gasteiger partial charge in [0, 0.05) is 38.2 Å². The number of nitrogens with one attached hydrogen (secondary N) is 3. The number of guanidine groups is 1. The fourth-order valence-corrected chi connectivity index (χ4v) is 3.03. The Kier molecular flexibility index (Phi) is 10.2. The fraction of sp³-hybridized carbons (Fsp3) is 0.391. The van der Waals surface area contributed by atoms with Crippen molar-refractivity contribution < 1.29 is 4.79 Å². The smallest absolute Gasteiger partial charge is 0.251 e. The second kappa shape index (κ2) is 11.8. The van der Waals surface area contributed by atoms with Crippen molar-refractivity contribution in [3.8, 4) is 0 Å². The van der Waals surface area contributed by atoms with Crippen LogP contribution in [0.15, 0.2) is 53.5 Å². The summed E-state index contributed by atoms with van der Waals surface area (Å²) in [6, 6.07) is 16.3. The summed E-state index contributed by atoms with van der Waals surface area (Å²) >= 11 is 0. The molecule has 2 aromatic carbocycles. The van der Waals surface area contributed by atoms with E-state index in [1.165, 1.54) is 11.1 Å². The van der Waals surface area contributed by atoms with Gasteiger partial charge in [-0.05, 0) is 36.6 Å². The zero-order valence-electron chi connectivity index (χ0n) is 18.0. The van der Waals surface area contributed by atoms with Crippen LogP contribution in [0.4, 0.5) is 0 Å². The summed E-state index contributed by atoms with van der Waals surface area (Å²) < 4.78 is 0. The molecule has 2 aromatic rings. The zero-order chi connectivity index (χ0) is 20.6. The number of amides is 1. The summed E-state index contributed by atoms with van der Waals surface area (Å²) in [6.07, 6.45) is 0.812. The Morgan fingerprint density at radius 3 is 2.45 bits per heavy atom. The van der Waals surface area contributed by atoms with Gasteiger partial charge in [-0.1, -0.05) is 55.8 Å². The van der Waals surface area contributed by atoms with Crippen LogP contribution in [0, 0.1) is 6.92 Å². The highest BCUT2D eigenvalue weighted by Gasteiger charge is 2.21. The van der Waals surface area contributed by atoms with Gasteiger partial charge in [-0.2, -0.15) is 0 Å². The molecule has 0 bridgehead atoms. The highest BCUT2D eigenvalue weighted by Crippen LogP contribution is 2.22. The van der Waals surface area contributed by atoms with Gasteiger partial charge in [-0.3, -0.25) is 9.79 Å². The van der Waals surface area contributed by atoms with Crippen molar-refractivity contribution >= 4 is 35.8 Å². The van der Waals surface area contributed by atoms with Crippen LogP contribution < -0.4 is 16.0 Å². The Morgan fingerprint density at radius 1 is 1.07 bits per heavy atom. The summed E-state index contributed by atoms with van der Waals surface area (Å²) in [5, 5.41) is 9.44. The first-order chi connectivity index (χ1) is 13.4. The van der Waals surface area contributed by atoms with Gasteiger partial charge < -0.3 is 16.0 Å². The molecule has 0 atom stereocenters. The quantitative estimate of drug-likeness (QED) is 0.304. The number of carbonyl (C=O) groups excluding carboxylic acids is 1. The molecule has 1 amide bonds. The maximum absolute atomic E-state index is 11.8. The van der Waals surface area contributed by atoms with Crippen molar-refractivity contribution in [2.24, 2.45) is 4.99 Å². The molecule has 3 N–H and O–H groups in total. The molecule has 0 aromatic heterocycles. The second-order valence-corrected chi connectivity index (χ2v) is 7.64. The Hall–Kier alpha value is -2.09. The summed E-state index contributed by atoms with van der Waals surface area (Å²) in [6.45, 7) is 8.09. The molecule has 0 aliphatic heterocycles. The Bertz CT molecular complexity index is 833. The highest BCUT2D eigenvalue weighted by molar-refractivity contribution is 14.0. The van der Waals surface area contributed by atoms with Crippen molar-refractivity contribution in [1.29, 1.82) is 0 Å². The second-order valence-electron chi connectivity index (χ2n) is 7.64. The molecule has 29 heavy (non-hydrogen) atoms. The van der Waals surface area contributed by atoms with E-state index >= 15 is 0 Å². The zero-order valence-corrected chi connectivity index (χ0v) is 20.3. The largest absolute Gasteiger partial charge is 0.356 e. The van der Waals surface area contributed by atoms with E-state index in [1.807, 2.05) is 24.3 Å². The van der Waals surface area contributed by atoms with Crippen LogP contribution in [0.2, 0.25) is 0 Å². The van der Waals surface area contributed by atoms with Crippen LogP contribution in [0.25, 0.3) is 0 Å². The minimum absolute atomic E-state index is 0. The fourth-order valence-electron chi connectivity index (χ4n) is 3.03. The van der Waals surface area contributed by atoms with E-state index in [0.717, 1.165) is 31.0 Å². The maximum Gasteiger partial charge on any atom is 0.251 e. The van der Waals surface area contributed by atoms with Gasteiger partial charge >= 0.3 is 0 Å². The van der Waals surface area contributed by atoms with E-state index in [1.54, 1.807) is 14.1 Å². The molecule has 0 aliphatic carbocycles. The molecular weight excluding hydrogens is 475 g/mol. The molecule has 0 heterocycles. The third-order valence-corrected chi connectivity index (χ3v) is 4.84. The van der Waals surface area contributed by atoms with Crippen LogP contribution in [0.5, 0.6) is 0 Å². The molecule has 0 aliphatic rings. The van der Waals surface area contributed by atoms with E-state index in [0.29, 0.717) is 5.56 Å². The molecule has 0 spiro atoms. The number of halogens is 1. The highest BCUT2D eigenvalue weighted by atomic mass is 127. The van der Waals surface area contributed by atoms with Gasteiger partial charge in [-0.15, -0.1) is 24.0 Å².